The summed E-state index contributed by atoms with van der Waals surface area (Å²) in [5.41, 5.74) is 4.02. The van der Waals surface area contributed by atoms with Gasteiger partial charge in [0.2, 0.25) is 0 Å². The van der Waals surface area contributed by atoms with Crippen molar-refractivity contribution in [2.75, 3.05) is 18.9 Å². The number of hydrogen-bond acceptors (Lipinski definition) is 4. The number of nitrogens with zero attached hydrogens (tertiary/aromatic N) is 3. The highest BCUT2D eigenvalue weighted by Crippen LogP contribution is 2.17. The van der Waals surface area contributed by atoms with Crippen LogP contribution in [-0.2, 0) is 12.8 Å². The molecule has 0 aliphatic carbocycles. The van der Waals surface area contributed by atoms with E-state index in [1.54, 1.807) is 35.6 Å². The van der Waals surface area contributed by atoms with Crippen LogP contribution in [0, 0.1) is 0 Å². The number of aryl methyl sites for hydroxylation is 1. The molecule has 0 spiro atoms. The monoisotopic (exact) mass is 360 g/mol. The number of pyridine rings is 2. The van der Waals surface area contributed by atoms with E-state index in [1.807, 2.05) is 31.3 Å². The average Bonchev–Trinajstić information content (AvgIpc) is 2.73. The van der Waals surface area contributed by atoms with Crippen LogP contribution in [0.3, 0.4) is 0 Å². The van der Waals surface area contributed by atoms with Crippen LogP contribution in [0.2, 0.25) is 0 Å². The molecule has 27 heavy (non-hydrogen) atoms. The van der Waals surface area contributed by atoms with Crippen LogP contribution in [-0.4, -0.2) is 34.4 Å². The van der Waals surface area contributed by atoms with E-state index in [0.717, 1.165) is 24.1 Å². The van der Waals surface area contributed by atoms with E-state index in [1.165, 1.54) is 5.56 Å². The average molecular weight is 360 g/mol. The molecule has 3 aromatic rings. The van der Waals surface area contributed by atoms with Gasteiger partial charge in [-0.15, -0.1) is 0 Å². The molecule has 3 rings (SSSR count). The molecule has 5 heteroatoms. The zero-order valence-corrected chi connectivity index (χ0v) is 15.7. The second-order valence-electron chi connectivity index (χ2n) is 6.44. The van der Waals surface area contributed by atoms with Gasteiger partial charge in [0.25, 0.3) is 5.91 Å². The van der Waals surface area contributed by atoms with Crippen molar-refractivity contribution in [1.29, 1.82) is 0 Å². The molecule has 138 valence electrons. The molecule has 0 atom stereocenters. The van der Waals surface area contributed by atoms with E-state index in [4.69, 9.17) is 0 Å². The van der Waals surface area contributed by atoms with E-state index in [2.05, 4.69) is 34.3 Å². The maximum atomic E-state index is 12.7. The van der Waals surface area contributed by atoms with Crippen molar-refractivity contribution in [1.82, 2.24) is 14.9 Å². The fraction of sp³-hybridized carbons (Fsp3) is 0.227. The van der Waals surface area contributed by atoms with Gasteiger partial charge in [0.1, 0.15) is 5.82 Å². The van der Waals surface area contributed by atoms with Crippen molar-refractivity contribution in [2.45, 2.75) is 19.8 Å². The molecule has 0 aliphatic heterocycles. The molecular formula is C22H24N4O. The number of likely N-dealkylation sites (N-methyl/N-ethyl adjacent to an activating group) is 1. The Kier molecular flexibility index (Phi) is 6.15. The molecule has 1 N–H and O–H groups in total. The Labute approximate surface area is 160 Å². The first-order valence-electron chi connectivity index (χ1n) is 9.12. The fourth-order valence-electron chi connectivity index (χ4n) is 2.77. The Balaban J connectivity index is 1.63. The lowest BCUT2D eigenvalue weighted by atomic mass is 10.1. The summed E-state index contributed by atoms with van der Waals surface area (Å²) in [5, 5.41) is 3.26. The van der Waals surface area contributed by atoms with Crippen LogP contribution < -0.4 is 5.32 Å². The van der Waals surface area contributed by atoms with Crippen molar-refractivity contribution < 1.29 is 4.79 Å². The van der Waals surface area contributed by atoms with E-state index < -0.39 is 0 Å². The first kappa shape index (κ1) is 18.6. The largest absolute Gasteiger partial charge is 0.341 e. The Morgan fingerprint density at radius 2 is 1.74 bits per heavy atom. The molecule has 0 unspecified atom stereocenters. The minimum Gasteiger partial charge on any atom is -0.341 e. The van der Waals surface area contributed by atoms with Gasteiger partial charge in [-0.3, -0.25) is 9.78 Å². The summed E-state index contributed by atoms with van der Waals surface area (Å²) in [6.07, 6.45) is 7.00. The minimum absolute atomic E-state index is 0.0177. The Morgan fingerprint density at radius 3 is 2.44 bits per heavy atom. The second-order valence-corrected chi connectivity index (χ2v) is 6.44. The molecule has 1 aromatic carbocycles. The molecule has 0 saturated heterocycles. The number of benzene rings is 1. The van der Waals surface area contributed by atoms with Crippen LogP contribution in [0.4, 0.5) is 11.5 Å². The summed E-state index contributed by atoms with van der Waals surface area (Å²) in [6, 6.07) is 15.7. The molecule has 0 radical (unpaired) electrons. The van der Waals surface area contributed by atoms with Gasteiger partial charge in [-0.2, -0.15) is 0 Å². The SMILES string of the molecule is CCc1ccc(Nc2cc(C(=O)N(C)CCc3ccncc3)ccn2)cc1. The third kappa shape index (κ3) is 5.14. The lowest BCUT2D eigenvalue weighted by Crippen LogP contribution is -2.28. The zero-order valence-electron chi connectivity index (χ0n) is 15.7. The molecule has 0 fully saturated rings. The molecule has 0 bridgehead atoms. The molecule has 0 saturated carbocycles. The highest BCUT2D eigenvalue weighted by molar-refractivity contribution is 5.94. The molecule has 1 amide bonds. The third-order valence-electron chi connectivity index (χ3n) is 4.47. The first-order valence-corrected chi connectivity index (χ1v) is 9.12. The van der Waals surface area contributed by atoms with Crippen molar-refractivity contribution in [3.05, 3.63) is 83.8 Å². The summed E-state index contributed by atoms with van der Waals surface area (Å²) in [5.74, 6) is 0.642. The van der Waals surface area contributed by atoms with Crippen molar-refractivity contribution >= 4 is 17.4 Å². The van der Waals surface area contributed by atoms with Gasteiger partial charge in [0.15, 0.2) is 0 Å². The summed E-state index contributed by atoms with van der Waals surface area (Å²) < 4.78 is 0. The van der Waals surface area contributed by atoms with E-state index in [-0.39, 0.29) is 5.91 Å². The number of hydrogen-bond donors (Lipinski definition) is 1. The highest BCUT2D eigenvalue weighted by atomic mass is 16.2. The summed E-state index contributed by atoms with van der Waals surface area (Å²) in [6.45, 7) is 2.77. The maximum absolute atomic E-state index is 12.7. The van der Waals surface area contributed by atoms with Gasteiger partial charge in [0.05, 0.1) is 0 Å². The van der Waals surface area contributed by atoms with E-state index in [9.17, 15) is 4.79 Å². The zero-order chi connectivity index (χ0) is 19.1. The third-order valence-corrected chi connectivity index (χ3v) is 4.47. The summed E-state index contributed by atoms with van der Waals surface area (Å²) in [4.78, 5) is 22.8. The molecular weight excluding hydrogens is 336 g/mol. The quantitative estimate of drug-likeness (QED) is 0.689. The van der Waals surface area contributed by atoms with Gasteiger partial charge in [-0.25, -0.2) is 4.98 Å². The summed E-state index contributed by atoms with van der Waals surface area (Å²) >= 11 is 0. The van der Waals surface area contributed by atoms with Crippen LogP contribution in [0.25, 0.3) is 0 Å². The fourth-order valence-corrected chi connectivity index (χ4v) is 2.77. The van der Waals surface area contributed by atoms with Crippen LogP contribution in [0.5, 0.6) is 0 Å². The van der Waals surface area contributed by atoms with Gasteiger partial charge < -0.3 is 10.2 Å². The van der Waals surface area contributed by atoms with Crippen molar-refractivity contribution in [3.8, 4) is 0 Å². The number of anilines is 2. The van der Waals surface area contributed by atoms with Crippen LogP contribution in [0.1, 0.15) is 28.4 Å². The first-order chi connectivity index (χ1) is 13.2. The van der Waals surface area contributed by atoms with Gasteiger partial charge in [0, 0.05) is 43.4 Å². The van der Waals surface area contributed by atoms with Crippen LogP contribution >= 0.6 is 0 Å². The van der Waals surface area contributed by atoms with Gasteiger partial charge >= 0.3 is 0 Å². The molecule has 0 aliphatic rings. The summed E-state index contributed by atoms with van der Waals surface area (Å²) in [7, 11) is 1.82. The lowest BCUT2D eigenvalue weighted by Gasteiger charge is -2.17. The maximum Gasteiger partial charge on any atom is 0.253 e. The second kappa shape index (κ2) is 8.94. The smallest absolute Gasteiger partial charge is 0.253 e. The number of carbonyl (C=O) groups is 1. The topological polar surface area (TPSA) is 58.1 Å². The Bertz CT molecular complexity index is 878. The number of carbonyl (C=O) groups excluding carboxylic acids is 1. The van der Waals surface area contributed by atoms with E-state index >= 15 is 0 Å². The molecule has 2 aromatic heterocycles. The highest BCUT2D eigenvalue weighted by Gasteiger charge is 2.12. The Morgan fingerprint density at radius 1 is 1.00 bits per heavy atom. The number of aromatic nitrogens is 2. The molecule has 2 heterocycles. The van der Waals surface area contributed by atoms with Crippen molar-refractivity contribution in [3.63, 3.8) is 0 Å². The predicted molar refractivity (Wildman–Crippen MR) is 108 cm³/mol. The number of amides is 1. The Hall–Kier alpha value is -3.21. The lowest BCUT2D eigenvalue weighted by molar-refractivity contribution is 0.0796. The number of rotatable bonds is 7. The predicted octanol–water partition coefficient (Wildman–Crippen LogP) is 4.10. The van der Waals surface area contributed by atoms with Gasteiger partial charge in [-0.1, -0.05) is 19.1 Å². The normalized spacial score (nSPS) is 10.4. The number of nitrogens with one attached hydrogen (secondary N) is 1. The van der Waals surface area contributed by atoms with Crippen LogP contribution in [0.15, 0.2) is 67.1 Å². The standard InChI is InChI=1S/C22H24N4O/c1-3-17-4-6-20(7-5-17)25-21-16-19(10-14-24-21)22(27)26(2)15-11-18-8-12-23-13-9-18/h4-10,12-14,16H,3,11,15H2,1-2H3,(H,24,25). The van der Waals surface area contributed by atoms with Crippen molar-refractivity contribution in [2.24, 2.45) is 0 Å². The van der Waals surface area contributed by atoms with Gasteiger partial charge in [-0.05, 0) is 60.4 Å². The molecule has 5 nitrogen and oxygen atoms in total. The minimum atomic E-state index is -0.0177. The van der Waals surface area contributed by atoms with E-state index in [0.29, 0.717) is 17.9 Å².